The van der Waals surface area contributed by atoms with Gasteiger partial charge < -0.3 is 33.0 Å². The molecule has 0 spiro atoms. The Morgan fingerprint density at radius 2 is 1.10 bits per heavy atom. The first-order valence-electron chi connectivity index (χ1n) is 1.46. The van der Waals surface area contributed by atoms with Crippen molar-refractivity contribution < 1.29 is 33.0 Å². The Balaban J connectivity index is 0. The van der Waals surface area contributed by atoms with Crippen LogP contribution in [0, 0.1) is 0 Å². The molecule has 10 heteroatoms. The van der Waals surface area contributed by atoms with Crippen molar-refractivity contribution in [1.82, 2.24) is 0 Å². The van der Waals surface area contributed by atoms with Gasteiger partial charge in [0.2, 0.25) is 0 Å². The summed E-state index contributed by atoms with van der Waals surface area (Å²) in [7, 11) is -11.4. The van der Waals surface area contributed by atoms with E-state index in [-0.39, 0.29) is 26.2 Å². The first-order valence-corrected chi connectivity index (χ1v) is 4.38. The van der Waals surface area contributed by atoms with E-state index >= 15 is 0 Å². The average Bonchev–Trinajstić information content (AvgIpc) is 1.14. The van der Waals surface area contributed by atoms with Crippen LogP contribution in [-0.2, 0) is 13.4 Å². The fraction of sp³-hybridized carbons (Fsp3) is 0. The topological polar surface area (TPSA) is 136 Å². The van der Waals surface area contributed by atoms with Gasteiger partial charge >= 0.3 is 0 Å². The SMILES string of the molecule is O=P([O-])([O-])OP(=O)([O-])[O-].[Bi]. The average molecular weight is 383 g/mol. The second kappa shape index (κ2) is 4.24. The molecule has 0 aromatic carbocycles. The summed E-state index contributed by atoms with van der Waals surface area (Å²) in [6, 6.07) is 0. The third-order valence-electron chi connectivity index (χ3n) is 0.200. The maximum Gasteiger partial charge on any atom is 0.0655 e. The molecule has 0 bridgehead atoms. The molecular formula is BiO7P2-4. The fourth-order valence-electron chi connectivity index (χ4n) is 0.122. The van der Waals surface area contributed by atoms with Crippen LogP contribution in [0.25, 0.3) is 0 Å². The second-order valence-corrected chi connectivity index (χ2v) is 3.42. The standard InChI is InChI=1S/Bi.H4O7P2/c;1-8(2,3)7-9(4,5)6/h;(H2,1,2,3)(H2,4,5,6)/p-4. The maximum atomic E-state index is 9.32. The number of hydrogen-bond donors (Lipinski definition) is 0. The van der Waals surface area contributed by atoms with E-state index in [4.69, 9.17) is 0 Å². The monoisotopic (exact) mass is 383 g/mol. The summed E-state index contributed by atoms with van der Waals surface area (Å²) >= 11 is 0. The van der Waals surface area contributed by atoms with Crippen LogP contribution in [-0.4, -0.2) is 26.2 Å². The summed E-state index contributed by atoms with van der Waals surface area (Å²) < 4.78 is 21.2. The third-order valence-corrected chi connectivity index (χ3v) is 1.80. The van der Waals surface area contributed by atoms with Gasteiger partial charge in [-0.3, -0.25) is 0 Å². The molecule has 0 saturated carbocycles. The van der Waals surface area contributed by atoms with Crippen molar-refractivity contribution in [3.8, 4) is 0 Å². The van der Waals surface area contributed by atoms with Gasteiger partial charge in [-0.1, -0.05) is 0 Å². The largest absolute Gasteiger partial charge is 0.790 e. The fourth-order valence-corrected chi connectivity index (χ4v) is 1.10. The van der Waals surface area contributed by atoms with Crippen LogP contribution in [0.5, 0.6) is 0 Å². The molecule has 61 valence electrons. The molecule has 10 heavy (non-hydrogen) atoms. The Labute approximate surface area is 75.0 Å². The molecule has 0 heterocycles. The molecule has 0 N–H and O–H groups in total. The quantitative estimate of drug-likeness (QED) is 0.354. The summed E-state index contributed by atoms with van der Waals surface area (Å²) in [5.41, 5.74) is 0. The minimum absolute atomic E-state index is 0. The summed E-state index contributed by atoms with van der Waals surface area (Å²) in [5.74, 6) is 0. The van der Waals surface area contributed by atoms with Gasteiger partial charge in [0.1, 0.15) is 0 Å². The molecule has 0 aromatic heterocycles. The maximum absolute atomic E-state index is 9.32. The van der Waals surface area contributed by atoms with Gasteiger partial charge in [-0.25, -0.2) is 0 Å². The van der Waals surface area contributed by atoms with Crippen molar-refractivity contribution in [3.05, 3.63) is 0 Å². The summed E-state index contributed by atoms with van der Waals surface area (Å²) in [6.07, 6.45) is 0. The van der Waals surface area contributed by atoms with Gasteiger partial charge in [-0.2, -0.15) is 0 Å². The van der Waals surface area contributed by atoms with Crippen molar-refractivity contribution in [3.63, 3.8) is 0 Å². The van der Waals surface area contributed by atoms with Crippen LogP contribution in [0.2, 0.25) is 0 Å². The Kier molecular flexibility index (Phi) is 5.81. The normalized spacial score (nSPS) is 12.4. The molecule has 0 saturated heterocycles. The minimum atomic E-state index is -5.68. The number of hydrogen-bond acceptors (Lipinski definition) is 7. The Morgan fingerprint density at radius 3 is 1.10 bits per heavy atom. The predicted octanol–water partition coefficient (Wildman–Crippen LogP) is -3.72. The Bertz CT molecular complexity index is 152. The number of rotatable bonds is 2. The van der Waals surface area contributed by atoms with E-state index < -0.39 is 15.6 Å². The van der Waals surface area contributed by atoms with Crippen LogP contribution < -0.4 is 19.6 Å². The van der Waals surface area contributed by atoms with E-state index in [2.05, 4.69) is 4.31 Å². The van der Waals surface area contributed by atoms with Crippen molar-refractivity contribution in [1.29, 1.82) is 0 Å². The van der Waals surface area contributed by atoms with Gasteiger partial charge in [0.25, 0.3) is 0 Å². The van der Waals surface area contributed by atoms with Crippen LogP contribution in [0.3, 0.4) is 0 Å². The zero-order valence-electron chi connectivity index (χ0n) is 4.20. The van der Waals surface area contributed by atoms with E-state index in [0.29, 0.717) is 0 Å². The number of phosphoric acid groups is 2. The third kappa shape index (κ3) is 11.9. The van der Waals surface area contributed by atoms with E-state index in [1.54, 1.807) is 0 Å². The molecule has 0 amide bonds. The Morgan fingerprint density at radius 1 is 0.900 bits per heavy atom. The van der Waals surface area contributed by atoms with Crippen molar-refractivity contribution >= 4 is 41.8 Å². The van der Waals surface area contributed by atoms with Crippen molar-refractivity contribution in [2.75, 3.05) is 0 Å². The van der Waals surface area contributed by atoms with E-state index in [1.165, 1.54) is 0 Å². The predicted molar refractivity (Wildman–Crippen MR) is 22.1 cm³/mol. The van der Waals surface area contributed by atoms with Crippen molar-refractivity contribution in [2.24, 2.45) is 0 Å². The molecule has 0 fully saturated rings. The molecule has 0 unspecified atom stereocenters. The molecule has 0 aromatic rings. The van der Waals surface area contributed by atoms with Gasteiger partial charge in [0, 0.05) is 26.2 Å². The van der Waals surface area contributed by atoms with Gasteiger partial charge in [0.15, 0.2) is 0 Å². The van der Waals surface area contributed by atoms with Gasteiger partial charge in [-0.15, -0.1) is 0 Å². The van der Waals surface area contributed by atoms with E-state index in [0.717, 1.165) is 0 Å². The van der Waals surface area contributed by atoms with Crippen LogP contribution >= 0.6 is 15.6 Å². The first kappa shape index (κ1) is 13.7. The molecule has 0 rings (SSSR count). The summed E-state index contributed by atoms with van der Waals surface area (Å²) in [6.45, 7) is 0. The first-order chi connectivity index (χ1) is 3.71. The molecule has 7 nitrogen and oxygen atoms in total. The zero-order chi connectivity index (χ0) is 7.71. The molecule has 3 radical (unpaired) electrons. The van der Waals surface area contributed by atoms with Crippen LogP contribution in [0.4, 0.5) is 0 Å². The van der Waals surface area contributed by atoms with Crippen LogP contribution in [0.1, 0.15) is 0 Å². The van der Waals surface area contributed by atoms with Gasteiger partial charge in [0.05, 0.1) is 15.6 Å². The van der Waals surface area contributed by atoms with E-state index in [9.17, 15) is 28.7 Å². The smallest absolute Gasteiger partial charge is 0.0655 e. The summed E-state index contributed by atoms with van der Waals surface area (Å²) in [5, 5.41) is 0. The van der Waals surface area contributed by atoms with Gasteiger partial charge in [-0.05, 0) is 0 Å². The molecule has 0 aliphatic rings. The zero-order valence-corrected chi connectivity index (χ0v) is 9.47. The van der Waals surface area contributed by atoms with Crippen molar-refractivity contribution in [2.45, 2.75) is 0 Å². The molecular weight excluding hydrogens is 383 g/mol. The minimum Gasteiger partial charge on any atom is -0.790 e. The second-order valence-electron chi connectivity index (χ2n) is 0.976. The molecule has 0 aliphatic carbocycles. The summed E-state index contributed by atoms with van der Waals surface area (Å²) in [4.78, 5) is 37.3. The Hall–Kier alpha value is 1.14. The molecule has 0 aliphatic heterocycles. The van der Waals surface area contributed by atoms with E-state index in [1.807, 2.05) is 0 Å². The molecule has 0 atom stereocenters. The van der Waals surface area contributed by atoms with Crippen LogP contribution in [0.15, 0.2) is 0 Å².